The molecule has 3 heteroatoms. The average Bonchev–Trinajstić information content (AvgIpc) is 3.16. The van der Waals surface area contributed by atoms with Gasteiger partial charge in [-0.15, -0.1) is 0 Å². The van der Waals surface area contributed by atoms with Crippen molar-refractivity contribution >= 4 is 0 Å². The van der Waals surface area contributed by atoms with Crippen LogP contribution in [0.3, 0.4) is 0 Å². The summed E-state index contributed by atoms with van der Waals surface area (Å²) in [6.07, 6.45) is 4.69. The number of nitrogens with one attached hydrogen (secondary N) is 2. The number of aromatic amines is 1. The molecule has 0 saturated heterocycles. The third-order valence-electron chi connectivity index (χ3n) is 3.72. The molecular formula is C15H19N3. The van der Waals surface area contributed by atoms with Crippen LogP contribution in [-0.4, -0.2) is 16.2 Å². The van der Waals surface area contributed by atoms with Crippen LogP contribution in [0.1, 0.15) is 25.3 Å². The number of benzene rings is 1. The molecule has 0 amide bonds. The molecule has 1 aromatic carbocycles. The SMILES string of the molecule is CC(NCc1cn[nH]c1-c1ccccc1)C1CC1. The lowest BCUT2D eigenvalue weighted by molar-refractivity contribution is 0.496. The van der Waals surface area contributed by atoms with Gasteiger partial charge >= 0.3 is 0 Å². The topological polar surface area (TPSA) is 40.7 Å². The minimum atomic E-state index is 0.614. The van der Waals surface area contributed by atoms with Crippen molar-refractivity contribution in [1.29, 1.82) is 0 Å². The molecule has 2 N–H and O–H groups in total. The number of H-pyrrole nitrogens is 1. The normalized spacial score (nSPS) is 16.7. The lowest BCUT2D eigenvalue weighted by Crippen LogP contribution is -2.27. The first-order valence-corrected chi connectivity index (χ1v) is 6.65. The molecule has 1 unspecified atom stereocenters. The molecule has 3 rings (SSSR count). The molecule has 1 saturated carbocycles. The molecule has 0 bridgehead atoms. The highest BCUT2D eigenvalue weighted by molar-refractivity contribution is 5.62. The van der Waals surface area contributed by atoms with E-state index in [1.54, 1.807) is 0 Å². The van der Waals surface area contributed by atoms with Crippen LogP contribution in [0, 0.1) is 5.92 Å². The van der Waals surface area contributed by atoms with Crippen LogP contribution < -0.4 is 5.32 Å². The van der Waals surface area contributed by atoms with E-state index < -0.39 is 0 Å². The number of hydrogen-bond donors (Lipinski definition) is 2. The van der Waals surface area contributed by atoms with Gasteiger partial charge in [0.25, 0.3) is 0 Å². The van der Waals surface area contributed by atoms with Crippen molar-refractivity contribution in [3.8, 4) is 11.3 Å². The van der Waals surface area contributed by atoms with E-state index in [-0.39, 0.29) is 0 Å². The van der Waals surface area contributed by atoms with E-state index in [0.29, 0.717) is 6.04 Å². The molecule has 94 valence electrons. The Balaban J connectivity index is 1.71. The van der Waals surface area contributed by atoms with Gasteiger partial charge in [0, 0.05) is 18.2 Å². The summed E-state index contributed by atoms with van der Waals surface area (Å²) < 4.78 is 0. The zero-order valence-corrected chi connectivity index (χ0v) is 10.7. The second-order valence-electron chi connectivity index (χ2n) is 5.14. The fourth-order valence-corrected chi connectivity index (χ4v) is 2.33. The van der Waals surface area contributed by atoms with Gasteiger partial charge < -0.3 is 5.32 Å². The Hall–Kier alpha value is -1.61. The maximum absolute atomic E-state index is 4.17. The van der Waals surface area contributed by atoms with E-state index in [9.17, 15) is 0 Å². The molecule has 1 aliphatic carbocycles. The molecule has 0 aliphatic heterocycles. The molecule has 3 nitrogen and oxygen atoms in total. The lowest BCUT2D eigenvalue weighted by Gasteiger charge is -2.12. The van der Waals surface area contributed by atoms with Gasteiger partial charge in [-0.05, 0) is 31.2 Å². The number of rotatable bonds is 5. The fourth-order valence-electron chi connectivity index (χ4n) is 2.33. The van der Waals surface area contributed by atoms with Crippen molar-refractivity contribution in [2.75, 3.05) is 0 Å². The van der Waals surface area contributed by atoms with Gasteiger partial charge in [0.2, 0.25) is 0 Å². The average molecular weight is 241 g/mol. The molecule has 18 heavy (non-hydrogen) atoms. The van der Waals surface area contributed by atoms with Crippen LogP contribution in [-0.2, 0) is 6.54 Å². The summed E-state index contributed by atoms with van der Waals surface area (Å²) in [5.41, 5.74) is 3.57. The predicted molar refractivity (Wildman–Crippen MR) is 73.0 cm³/mol. The fraction of sp³-hybridized carbons (Fsp3) is 0.400. The van der Waals surface area contributed by atoms with Gasteiger partial charge in [-0.25, -0.2) is 0 Å². The van der Waals surface area contributed by atoms with E-state index >= 15 is 0 Å². The van der Waals surface area contributed by atoms with Gasteiger partial charge in [-0.1, -0.05) is 30.3 Å². The molecular weight excluding hydrogens is 222 g/mol. The Bertz CT molecular complexity index is 499. The molecule has 0 spiro atoms. The standard InChI is InChI=1S/C15H19N3/c1-11(12-7-8-12)16-9-14-10-17-18-15(14)13-5-3-2-4-6-13/h2-6,10-12,16H,7-9H2,1H3,(H,17,18). The van der Waals surface area contributed by atoms with E-state index in [2.05, 4.69) is 46.7 Å². The second kappa shape index (κ2) is 4.94. The highest BCUT2D eigenvalue weighted by Gasteiger charge is 2.27. The highest BCUT2D eigenvalue weighted by Crippen LogP contribution is 2.32. The largest absolute Gasteiger partial charge is 0.310 e. The molecule has 0 radical (unpaired) electrons. The molecule has 1 heterocycles. The first-order chi connectivity index (χ1) is 8.84. The maximum atomic E-state index is 4.17. The Labute approximate surface area is 108 Å². The van der Waals surface area contributed by atoms with Crippen molar-refractivity contribution < 1.29 is 0 Å². The van der Waals surface area contributed by atoms with Crippen LogP contribution in [0.2, 0.25) is 0 Å². The second-order valence-corrected chi connectivity index (χ2v) is 5.14. The Morgan fingerprint density at radius 3 is 2.83 bits per heavy atom. The lowest BCUT2D eigenvalue weighted by atomic mass is 10.1. The van der Waals surface area contributed by atoms with Crippen LogP contribution in [0.4, 0.5) is 0 Å². The van der Waals surface area contributed by atoms with Crippen LogP contribution in [0.15, 0.2) is 36.5 Å². The summed E-state index contributed by atoms with van der Waals surface area (Å²) in [6, 6.07) is 11.0. The molecule has 1 aromatic heterocycles. The van der Waals surface area contributed by atoms with Crippen molar-refractivity contribution in [2.45, 2.75) is 32.4 Å². The molecule has 2 aromatic rings. The van der Waals surface area contributed by atoms with Crippen LogP contribution in [0.25, 0.3) is 11.3 Å². The minimum Gasteiger partial charge on any atom is -0.310 e. The smallest absolute Gasteiger partial charge is 0.0695 e. The van der Waals surface area contributed by atoms with Crippen molar-refractivity contribution in [3.63, 3.8) is 0 Å². The van der Waals surface area contributed by atoms with E-state index in [1.807, 2.05) is 12.3 Å². The zero-order chi connectivity index (χ0) is 12.4. The van der Waals surface area contributed by atoms with Gasteiger partial charge in [0.05, 0.1) is 11.9 Å². The predicted octanol–water partition coefficient (Wildman–Crippen LogP) is 2.96. The van der Waals surface area contributed by atoms with Gasteiger partial charge in [-0.2, -0.15) is 5.10 Å². The Kier molecular flexibility index (Phi) is 3.15. The zero-order valence-electron chi connectivity index (χ0n) is 10.7. The third kappa shape index (κ3) is 2.46. The van der Waals surface area contributed by atoms with E-state index in [0.717, 1.165) is 18.2 Å². The highest BCUT2D eigenvalue weighted by atomic mass is 15.1. The number of hydrogen-bond acceptors (Lipinski definition) is 2. The summed E-state index contributed by atoms with van der Waals surface area (Å²) in [5, 5.41) is 10.9. The summed E-state index contributed by atoms with van der Waals surface area (Å²) in [5.74, 6) is 0.886. The van der Waals surface area contributed by atoms with Crippen molar-refractivity contribution in [1.82, 2.24) is 15.5 Å². The van der Waals surface area contributed by atoms with Crippen molar-refractivity contribution in [3.05, 3.63) is 42.1 Å². The summed E-state index contributed by atoms with van der Waals surface area (Å²) in [7, 11) is 0. The Morgan fingerprint density at radius 2 is 2.11 bits per heavy atom. The summed E-state index contributed by atoms with van der Waals surface area (Å²) in [4.78, 5) is 0. The summed E-state index contributed by atoms with van der Waals surface area (Å²) in [6.45, 7) is 3.17. The third-order valence-corrected chi connectivity index (χ3v) is 3.72. The minimum absolute atomic E-state index is 0.614. The van der Waals surface area contributed by atoms with E-state index in [1.165, 1.54) is 24.0 Å². The molecule has 1 fully saturated rings. The summed E-state index contributed by atoms with van der Waals surface area (Å²) >= 11 is 0. The Morgan fingerprint density at radius 1 is 1.33 bits per heavy atom. The maximum Gasteiger partial charge on any atom is 0.0695 e. The number of aromatic nitrogens is 2. The van der Waals surface area contributed by atoms with Crippen molar-refractivity contribution in [2.24, 2.45) is 5.92 Å². The van der Waals surface area contributed by atoms with Gasteiger partial charge in [0.15, 0.2) is 0 Å². The van der Waals surface area contributed by atoms with E-state index in [4.69, 9.17) is 0 Å². The first-order valence-electron chi connectivity index (χ1n) is 6.65. The monoisotopic (exact) mass is 241 g/mol. The number of nitrogens with zero attached hydrogens (tertiary/aromatic N) is 1. The van der Waals surface area contributed by atoms with Crippen LogP contribution in [0.5, 0.6) is 0 Å². The quantitative estimate of drug-likeness (QED) is 0.845. The molecule has 1 aliphatic rings. The van der Waals surface area contributed by atoms with Gasteiger partial charge in [-0.3, -0.25) is 5.10 Å². The van der Waals surface area contributed by atoms with Gasteiger partial charge in [0.1, 0.15) is 0 Å². The van der Waals surface area contributed by atoms with Crippen LogP contribution >= 0.6 is 0 Å². The molecule has 1 atom stereocenters. The first kappa shape index (κ1) is 11.5.